The van der Waals surface area contributed by atoms with Crippen LogP contribution in [0.25, 0.3) is 0 Å². The van der Waals surface area contributed by atoms with E-state index in [9.17, 15) is 0 Å². The molecule has 22 heavy (non-hydrogen) atoms. The summed E-state index contributed by atoms with van der Waals surface area (Å²) in [5.74, 6) is 0.704. The van der Waals surface area contributed by atoms with E-state index in [0.29, 0.717) is 21.8 Å². The molecule has 112 valence electrons. The molecule has 3 rings (SSSR count). The van der Waals surface area contributed by atoms with Crippen molar-refractivity contribution in [3.63, 3.8) is 0 Å². The quantitative estimate of drug-likeness (QED) is 0.783. The van der Waals surface area contributed by atoms with E-state index in [1.807, 2.05) is 48.5 Å². The summed E-state index contributed by atoms with van der Waals surface area (Å²) in [5.41, 5.74) is 7.55. The van der Waals surface area contributed by atoms with Crippen molar-refractivity contribution in [2.45, 2.75) is 12.5 Å². The largest absolute Gasteiger partial charge is 0.423 e. The average molecular weight is 334 g/mol. The SMILES string of the molecule is NCc1nnc(C(c2ccc(Cl)cc2)c2ccc(Cl)cc2)o1. The third-order valence-corrected chi connectivity index (χ3v) is 3.81. The van der Waals surface area contributed by atoms with E-state index in [-0.39, 0.29) is 12.5 Å². The maximum atomic E-state index is 5.97. The van der Waals surface area contributed by atoms with Gasteiger partial charge in [0.15, 0.2) is 0 Å². The Hall–Kier alpha value is -1.88. The number of aromatic nitrogens is 2. The van der Waals surface area contributed by atoms with Crippen LogP contribution in [0.3, 0.4) is 0 Å². The normalized spacial score (nSPS) is 11.1. The minimum Gasteiger partial charge on any atom is -0.423 e. The Labute approximate surface area is 137 Å². The lowest BCUT2D eigenvalue weighted by Gasteiger charge is -2.14. The van der Waals surface area contributed by atoms with Gasteiger partial charge in [-0.2, -0.15) is 0 Å². The monoisotopic (exact) mass is 333 g/mol. The van der Waals surface area contributed by atoms with Gasteiger partial charge in [-0.1, -0.05) is 47.5 Å². The third-order valence-electron chi connectivity index (χ3n) is 3.31. The first-order valence-electron chi connectivity index (χ1n) is 6.70. The van der Waals surface area contributed by atoms with Gasteiger partial charge in [-0.15, -0.1) is 10.2 Å². The van der Waals surface area contributed by atoms with E-state index in [1.54, 1.807) is 0 Å². The number of halogens is 2. The smallest absolute Gasteiger partial charge is 0.230 e. The number of rotatable bonds is 4. The van der Waals surface area contributed by atoms with Crippen molar-refractivity contribution in [3.05, 3.63) is 81.5 Å². The number of hydrogen-bond donors (Lipinski definition) is 1. The number of hydrogen-bond acceptors (Lipinski definition) is 4. The molecule has 4 nitrogen and oxygen atoms in total. The summed E-state index contributed by atoms with van der Waals surface area (Å²) in [6.45, 7) is 0.209. The Bertz CT molecular complexity index is 708. The summed E-state index contributed by atoms with van der Waals surface area (Å²) >= 11 is 11.9. The molecular formula is C16H13Cl2N3O. The zero-order valence-corrected chi connectivity index (χ0v) is 13.1. The van der Waals surface area contributed by atoms with Gasteiger partial charge in [-0.05, 0) is 35.4 Å². The second-order valence-corrected chi connectivity index (χ2v) is 5.65. The second-order valence-electron chi connectivity index (χ2n) is 4.77. The molecule has 1 heterocycles. The third kappa shape index (κ3) is 3.14. The number of nitrogens with zero attached hydrogens (tertiary/aromatic N) is 2. The maximum Gasteiger partial charge on any atom is 0.230 e. The van der Waals surface area contributed by atoms with Crippen LogP contribution in [0.2, 0.25) is 10.0 Å². The number of benzene rings is 2. The van der Waals surface area contributed by atoms with Crippen LogP contribution in [0, 0.1) is 0 Å². The summed E-state index contributed by atoms with van der Waals surface area (Å²) in [7, 11) is 0. The van der Waals surface area contributed by atoms with E-state index >= 15 is 0 Å². The highest BCUT2D eigenvalue weighted by Crippen LogP contribution is 2.32. The van der Waals surface area contributed by atoms with E-state index in [0.717, 1.165) is 11.1 Å². The van der Waals surface area contributed by atoms with Gasteiger partial charge in [-0.25, -0.2) is 0 Å². The van der Waals surface area contributed by atoms with Gasteiger partial charge in [0.25, 0.3) is 0 Å². The van der Waals surface area contributed by atoms with Crippen LogP contribution >= 0.6 is 23.2 Å². The van der Waals surface area contributed by atoms with E-state index in [4.69, 9.17) is 33.4 Å². The Morgan fingerprint density at radius 3 is 1.77 bits per heavy atom. The molecule has 0 saturated heterocycles. The Kier molecular flexibility index (Phi) is 4.43. The molecule has 0 atom stereocenters. The summed E-state index contributed by atoms with van der Waals surface area (Å²) in [5, 5.41) is 9.42. The van der Waals surface area contributed by atoms with Crippen molar-refractivity contribution < 1.29 is 4.42 Å². The molecule has 0 aliphatic carbocycles. The highest BCUT2D eigenvalue weighted by atomic mass is 35.5. The van der Waals surface area contributed by atoms with Crippen molar-refractivity contribution >= 4 is 23.2 Å². The fourth-order valence-corrected chi connectivity index (χ4v) is 2.51. The van der Waals surface area contributed by atoms with Gasteiger partial charge >= 0.3 is 0 Å². The Morgan fingerprint density at radius 2 is 1.36 bits per heavy atom. The molecule has 6 heteroatoms. The topological polar surface area (TPSA) is 64.9 Å². The van der Waals surface area contributed by atoms with E-state index in [2.05, 4.69) is 10.2 Å². The predicted molar refractivity (Wildman–Crippen MR) is 86.0 cm³/mol. The first-order chi connectivity index (χ1) is 10.7. The molecule has 1 aromatic heterocycles. The van der Waals surface area contributed by atoms with Crippen molar-refractivity contribution in [1.82, 2.24) is 10.2 Å². The molecule has 0 aliphatic rings. The second kappa shape index (κ2) is 6.48. The highest BCUT2D eigenvalue weighted by Gasteiger charge is 2.22. The first kappa shape index (κ1) is 15.0. The molecule has 2 N–H and O–H groups in total. The molecule has 2 aromatic carbocycles. The minimum atomic E-state index is -0.192. The van der Waals surface area contributed by atoms with Crippen LogP contribution in [0.15, 0.2) is 52.9 Å². The molecule has 0 aliphatic heterocycles. The molecular weight excluding hydrogens is 321 g/mol. The lowest BCUT2D eigenvalue weighted by molar-refractivity contribution is 0.446. The molecule has 0 amide bonds. The minimum absolute atomic E-state index is 0.192. The Balaban J connectivity index is 2.08. The number of nitrogens with two attached hydrogens (primary N) is 1. The predicted octanol–water partition coefficient (Wildman–Crippen LogP) is 4.02. The standard InChI is InChI=1S/C16H13Cl2N3O/c17-12-5-1-10(2-6-12)15(11-3-7-13(18)8-4-11)16-21-20-14(9-19)22-16/h1-8,15H,9,19H2. The van der Waals surface area contributed by atoms with Gasteiger partial charge in [0, 0.05) is 10.0 Å². The van der Waals surface area contributed by atoms with Crippen molar-refractivity contribution in [2.75, 3.05) is 0 Å². The van der Waals surface area contributed by atoms with E-state index in [1.165, 1.54) is 0 Å². The lowest BCUT2D eigenvalue weighted by Crippen LogP contribution is -2.04. The van der Waals surface area contributed by atoms with Gasteiger partial charge < -0.3 is 10.2 Å². The van der Waals surface area contributed by atoms with Crippen LogP contribution < -0.4 is 5.73 Å². The van der Waals surface area contributed by atoms with Crippen molar-refractivity contribution in [1.29, 1.82) is 0 Å². The van der Waals surface area contributed by atoms with Crippen LogP contribution in [-0.4, -0.2) is 10.2 Å². The maximum absolute atomic E-state index is 5.97. The van der Waals surface area contributed by atoms with Crippen LogP contribution in [0.4, 0.5) is 0 Å². The van der Waals surface area contributed by atoms with Gasteiger partial charge in [0.05, 0.1) is 12.5 Å². The summed E-state index contributed by atoms with van der Waals surface area (Å²) in [6, 6.07) is 15.1. The first-order valence-corrected chi connectivity index (χ1v) is 7.46. The van der Waals surface area contributed by atoms with E-state index < -0.39 is 0 Å². The molecule has 0 unspecified atom stereocenters. The van der Waals surface area contributed by atoms with Crippen molar-refractivity contribution in [3.8, 4) is 0 Å². The average Bonchev–Trinajstić information content (AvgIpc) is 3.00. The Morgan fingerprint density at radius 1 is 0.864 bits per heavy atom. The summed E-state index contributed by atoms with van der Waals surface area (Å²) in [6.07, 6.45) is 0. The fourth-order valence-electron chi connectivity index (χ4n) is 2.25. The van der Waals surface area contributed by atoms with Crippen LogP contribution in [0.1, 0.15) is 28.8 Å². The van der Waals surface area contributed by atoms with Crippen molar-refractivity contribution in [2.24, 2.45) is 5.73 Å². The van der Waals surface area contributed by atoms with Gasteiger partial charge in [-0.3, -0.25) is 0 Å². The zero-order chi connectivity index (χ0) is 15.5. The van der Waals surface area contributed by atoms with Gasteiger partial charge in [0.2, 0.25) is 11.8 Å². The highest BCUT2D eigenvalue weighted by molar-refractivity contribution is 6.30. The van der Waals surface area contributed by atoms with Gasteiger partial charge in [0.1, 0.15) is 0 Å². The zero-order valence-electron chi connectivity index (χ0n) is 11.5. The fraction of sp³-hybridized carbons (Fsp3) is 0.125. The van der Waals surface area contributed by atoms with Crippen LogP contribution in [-0.2, 0) is 6.54 Å². The van der Waals surface area contributed by atoms with Crippen LogP contribution in [0.5, 0.6) is 0 Å². The summed E-state index contributed by atoms with van der Waals surface area (Å²) < 4.78 is 5.65. The molecule has 3 aromatic rings. The lowest BCUT2D eigenvalue weighted by atomic mass is 9.91. The molecule has 0 spiro atoms. The molecule has 0 bridgehead atoms. The summed E-state index contributed by atoms with van der Waals surface area (Å²) in [4.78, 5) is 0. The molecule has 0 fully saturated rings. The molecule has 0 saturated carbocycles. The molecule has 0 radical (unpaired) electrons.